The van der Waals surface area contributed by atoms with E-state index in [-0.39, 0.29) is 5.78 Å². The van der Waals surface area contributed by atoms with E-state index >= 15 is 0 Å². The van der Waals surface area contributed by atoms with Crippen LogP contribution in [0.5, 0.6) is 5.75 Å². The predicted octanol–water partition coefficient (Wildman–Crippen LogP) is 5.11. The second kappa shape index (κ2) is 10.0. The van der Waals surface area contributed by atoms with Crippen LogP contribution in [0.15, 0.2) is 60.8 Å². The quantitative estimate of drug-likeness (QED) is 0.287. The minimum absolute atomic E-state index is 0.0965. The average Bonchev–Trinajstić information content (AvgIpc) is 3.18. The van der Waals surface area contributed by atoms with Crippen LogP contribution in [0, 0.1) is 6.92 Å². The molecule has 172 valence electrons. The number of hydrogen-bond acceptors (Lipinski definition) is 6. The topological polar surface area (TPSA) is 97.4 Å². The minimum atomic E-state index is -0.453. The fourth-order valence-electron chi connectivity index (χ4n) is 3.20. The number of benzene rings is 2. The molecular weight excluding hydrogens is 474 g/mol. The number of ether oxygens (including phenoxy) is 1. The first-order valence-corrected chi connectivity index (χ1v) is 11.5. The standard InChI is InChI=1S/C25H20ClN3O4S/c1-14-21-11-18(15(2)30)12-27-25(21)34-22(14)24(32)29-28-23(31)17-5-3-16(4-6-17)13-33-20-9-7-19(26)8-10-20/h3-12H,13H2,1-2H3,(H,28,31)(H,29,32). The molecule has 0 saturated heterocycles. The molecule has 0 aliphatic carbocycles. The first-order valence-electron chi connectivity index (χ1n) is 10.3. The van der Waals surface area contributed by atoms with Crippen LogP contribution >= 0.6 is 22.9 Å². The van der Waals surface area contributed by atoms with Crippen molar-refractivity contribution in [3.05, 3.63) is 92.9 Å². The summed E-state index contributed by atoms with van der Waals surface area (Å²) in [5.74, 6) is -0.306. The Balaban J connectivity index is 1.35. The SMILES string of the molecule is CC(=O)c1cnc2sc(C(=O)NNC(=O)c3ccc(COc4ccc(Cl)cc4)cc3)c(C)c2c1. The molecule has 34 heavy (non-hydrogen) atoms. The first kappa shape index (κ1) is 23.4. The fourth-order valence-corrected chi connectivity index (χ4v) is 4.35. The van der Waals surface area contributed by atoms with E-state index in [4.69, 9.17) is 16.3 Å². The summed E-state index contributed by atoms with van der Waals surface area (Å²) in [6, 6.07) is 15.6. The van der Waals surface area contributed by atoms with Crippen LogP contribution in [0.1, 0.15) is 48.4 Å². The van der Waals surface area contributed by atoms with Gasteiger partial charge in [0.05, 0.1) is 4.88 Å². The molecule has 2 heterocycles. The second-order valence-corrected chi connectivity index (χ2v) is 8.97. The second-order valence-electron chi connectivity index (χ2n) is 7.54. The number of amides is 2. The normalized spacial score (nSPS) is 10.7. The van der Waals surface area contributed by atoms with Gasteiger partial charge in [0.2, 0.25) is 0 Å². The highest BCUT2D eigenvalue weighted by atomic mass is 35.5. The maximum absolute atomic E-state index is 12.6. The number of ketones is 1. The van der Waals surface area contributed by atoms with Gasteiger partial charge in [-0.15, -0.1) is 11.3 Å². The Labute approximate surface area is 204 Å². The summed E-state index contributed by atoms with van der Waals surface area (Å²) in [6.45, 7) is 3.59. The van der Waals surface area contributed by atoms with Gasteiger partial charge in [0.25, 0.3) is 11.8 Å². The van der Waals surface area contributed by atoms with Crippen molar-refractivity contribution in [2.45, 2.75) is 20.5 Å². The van der Waals surface area contributed by atoms with Gasteiger partial charge in [-0.05, 0) is 67.4 Å². The number of halogens is 1. The van der Waals surface area contributed by atoms with Gasteiger partial charge < -0.3 is 4.74 Å². The maximum atomic E-state index is 12.6. The lowest BCUT2D eigenvalue weighted by atomic mass is 10.1. The molecule has 2 N–H and O–H groups in total. The zero-order valence-corrected chi connectivity index (χ0v) is 19.9. The molecule has 2 aromatic carbocycles. The number of Topliss-reactive ketones (excluding diaryl/α,β-unsaturated/α-hetero) is 1. The number of fused-ring (bicyclic) bond motifs is 1. The van der Waals surface area contributed by atoms with Gasteiger partial charge in [0.15, 0.2) is 5.78 Å². The van der Waals surface area contributed by atoms with E-state index in [0.29, 0.717) is 43.8 Å². The number of carbonyl (C=O) groups is 3. The number of carbonyl (C=O) groups excluding carboxylic acids is 3. The summed E-state index contributed by atoms with van der Waals surface area (Å²) in [5, 5.41) is 1.38. The lowest BCUT2D eigenvalue weighted by molar-refractivity contribution is 0.0848. The van der Waals surface area contributed by atoms with Gasteiger partial charge in [-0.2, -0.15) is 0 Å². The highest BCUT2D eigenvalue weighted by molar-refractivity contribution is 7.20. The predicted molar refractivity (Wildman–Crippen MR) is 132 cm³/mol. The van der Waals surface area contributed by atoms with Crippen LogP contribution in [0.4, 0.5) is 0 Å². The van der Waals surface area contributed by atoms with Crippen molar-refractivity contribution >= 4 is 50.8 Å². The van der Waals surface area contributed by atoms with Crippen molar-refractivity contribution < 1.29 is 19.1 Å². The summed E-state index contributed by atoms with van der Waals surface area (Å²) in [5.41, 5.74) is 7.33. The zero-order chi connectivity index (χ0) is 24.2. The van der Waals surface area contributed by atoms with E-state index in [9.17, 15) is 14.4 Å². The van der Waals surface area contributed by atoms with Crippen molar-refractivity contribution in [2.24, 2.45) is 0 Å². The third-order valence-electron chi connectivity index (χ3n) is 5.13. The van der Waals surface area contributed by atoms with Crippen molar-refractivity contribution in [1.82, 2.24) is 15.8 Å². The van der Waals surface area contributed by atoms with Crippen LogP contribution in [0.2, 0.25) is 5.02 Å². The van der Waals surface area contributed by atoms with Gasteiger partial charge in [0.1, 0.15) is 17.2 Å². The zero-order valence-electron chi connectivity index (χ0n) is 18.3. The molecule has 0 fully saturated rings. The van der Waals surface area contributed by atoms with Crippen LogP contribution in [-0.2, 0) is 6.61 Å². The molecule has 2 amide bonds. The molecule has 4 aromatic rings. The molecule has 0 spiro atoms. The summed E-state index contributed by atoms with van der Waals surface area (Å²) >= 11 is 7.06. The van der Waals surface area contributed by atoms with Crippen LogP contribution in [-0.4, -0.2) is 22.6 Å². The molecule has 0 atom stereocenters. The summed E-state index contributed by atoms with van der Waals surface area (Å²) in [4.78, 5) is 42.1. The Morgan fingerprint density at radius 3 is 2.32 bits per heavy atom. The van der Waals surface area contributed by atoms with Gasteiger partial charge in [-0.3, -0.25) is 25.2 Å². The van der Waals surface area contributed by atoms with Crippen molar-refractivity contribution in [2.75, 3.05) is 0 Å². The number of aromatic nitrogens is 1. The van der Waals surface area contributed by atoms with E-state index in [2.05, 4.69) is 15.8 Å². The molecule has 4 rings (SSSR count). The van der Waals surface area contributed by atoms with Crippen LogP contribution in [0.25, 0.3) is 10.2 Å². The summed E-state index contributed by atoms with van der Waals surface area (Å²) in [6.07, 6.45) is 1.49. The Kier molecular flexibility index (Phi) is 6.90. The van der Waals surface area contributed by atoms with Gasteiger partial charge >= 0.3 is 0 Å². The number of pyridine rings is 1. The fraction of sp³-hybridized carbons (Fsp3) is 0.120. The molecule has 0 unspecified atom stereocenters. The number of nitrogens with zero attached hydrogens (tertiary/aromatic N) is 1. The highest BCUT2D eigenvalue weighted by Crippen LogP contribution is 2.29. The number of thiophene rings is 1. The molecule has 0 saturated carbocycles. The molecule has 0 aliphatic heterocycles. The largest absolute Gasteiger partial charge is 0.489 e. The number of aryl methyl sites for hydroxylation is 1. The van der Waals surface area contributed by atoms with Crippen molar-refractivity contribution in [1.29, 1.82) is 0 Å². The minimum Gasteiger partial charge on any atom is -0.489 e. The van der Waals surface area contributed by atoms with Crippen molar-refractivity contribution in [3.63, 3.8) is 0 Å². The third-order valence-corrected chi connectivity index (χ3v) is 6.60. The molecular formula is C25H20ClN3O4S. The number of rotatable bonds is 6. The van der Waals surface area contributed by atoms with Crippen molar-refractivity contribution in [3.8, 4) is 5.75 Å². The molecule has 2 aromatic heterocycles. The Morgan fingerprint density at radius 2 is 1.65 bits per heavy atom. The summed E-state index contributed by atoms with van der Waals surface area (Å²) in [7, 11) is 0. The number of hydrazine groups is 1. The van der Waals surface area contributed by atoms with Crippen LogP contribution < -0.4 is 15.6 Å². The monoisotopic (exact) mass is 493 g/mol. The molecule has 9 heteroatoms. The average molecular weight is 494 g/mol. The smallest absolute Gasteiger partial charge is 0.280 e. The van der Waals surface area contributed by atoms with Gasteiger partial charge in [-0.1, -0.05) is 23.7 Å². The molecule has 0 aliphatic rings. The highest BCUT2D eigenvalue weighted by Gasteiger charge is 2.18. The van der Waals surface area contributed by atoms with E-state index in [1.165, 1.54) is 24.5 Å². The molecule has 0 radical (unpaired) electrons. The molecule has 7 nitrogen and oxygen atoms in total. The lowest BCUT2D eigenvalue weighted by Crippen LogP contribution is -2.41. The number of nitrogens with one attached hydrogen (secondary N) is 2. The van der Waals surface area contributed by atoms with Crippen LogP contribution in [0.3, 0.4) is 0 Å². The first-order chi connectivity index (χ1) is 16.3. The third kappa shape index (κ3) is 5.24. The Hall–Kier alpha value is -3.75. The summed E-state index contributed by atoms with van der Waals surface area (Å²) < 4.78 is 5.69. The van der Waals surface area contributed by atoms with E-state index in [0.717, 1.165) is 10.9 Å². The van der Waals surface area contributed by atoms with Gasteiger partial charge in [-0.25, -0.2) is 4.98 Å². The maximum Gasteiger partial charge on any atom is 0.280 e. The lowest BCUT2D eigenvalue weighted by Gasteiger charge is -2.09. The van der Waals surface area contributed by atoms with E-state index in [1.54, 1.807) is 61.5 Å². The molecule has 0 bridgehead atoms. The Morgan fingerprint density at radius 1 is 0.971 bits per heavy atom. The van der Waals surface area contributed by atoms with Gasteiger partial charge in [0, 0.05) is 27.7 Å². The van der Waals surface area contributed by atoms with E-state index in [1.807, 2.05) is 0 Å². The van der Waals surface area contributed by atoms with E-state index < -0.39 is 11.8 Å². The Bertz CT molecular complexity index is 1380. The number of hydrogen-bond donors (Lipinski definition) is 2.